The molecule has 0 radical (unpaired) electrons. The molecule has 0 N–H and O–H groups in total. The Bertz CT molecular complexity index is 1830. The molecule has 1 saturated heterocycles. The maximum atomic E-state index is 6.59. The van der Waals surface area contributed by atoms with Crippen molar-refractivity contribution in [3.05, 3.63) is 83.9 Å². The lowest BCUT2D eigenvalue weighted by Crippen LogP contribution is -2.41. The van der Waals surface area contributed by atoms with Gasteiger partial charge in [-0.05, 0) is 85.7 Å². The zero-order chi connectivity index (χ0) is 26.2. The van der Waals surface area contributed by atoms with Crippen LogP contribution in [0.15, 0.2) is 72.8 Å². The molecule has 0 saturated carbocycles. The van der Waals surface area contributed by atoms with Crippen molar-refractivity contribution in [3.63, 3.8) is 0 Å². The van der Waals surface area contributed by atoms with Crippen molar-refractivity contribution in [2.75, 3.05) is 0 Å². The van der Waals surface area contributed by atoms with E-state index in [2.05, 4.69) is 107 Å². The van der Waals surface area contributed by atoms with Gasteiger partial charge in [-0.2, -0.15) is 0 Å². The van der Waals surface area contributed by atoms with Crippen LogP contribution in [0.1, 0.15) is 52.7 Å². The quantitative estimate of drug-likeness (QED) is 0.220. The Kier molecular flexibility index (Phi) is 4.08. The van der Waals surface area contributed by atoms with E-state index in [9.17, 15) is 0 Å². The number of hydrogen-bond donors (Lipinski definition) is 0. The Hall–Kier alpha value is -3.54. The number of nitrogens with zero attached hydrogens (tertiary/aromatic N) is 1. The molecule has 0 unspecified atom stereocenters. The van der Waals surface area contributed by atoms with Crippen molar-refractivity contribution in [3.8, 4) is 28.3 Å². The maximum Gasteiger partial charge on any atom is 0.495 e. The predicted molar refractivity (Wildman–Crippen MR) is 154 cm³/mol. The molecule has 5 aromatic rings. The van der Waals surface area contributed by atoms with Crippen molar-refractivity contribution in [2.45, 2.75) is 58.2 Å². The molecular weight excluding hydrogens is 469 g/mol. The molecule has 5 heteroatoms. The van der Waals surface area contributed by atoms with E-state index in [0.29, 0.717) is 0 Å². The van der Waals surface area contributed by atoms with Gasteiger partial charge in [-0.3, -0.25) is 0 Å². The zero-order valence-electron chi connectivity index (χ0n) is 22.7. The van der Waals surface area contributed by atoms with Gasteiger partial charge in [-0.1, -0.05) is 56.3 Å². The summed E-state index contributed by atoms with van der Waals surface area (Å²) < 4.78 is 22.0. The Balaban J connectivity index is 1.51. The number of ether oxygens (including phenoxy) is 1. The normalized spacial score (nSPS) is 19.4. The fourth-order valence-electron chi connectivity index (χ4n) is 6.68. The summed E-state index contributed by atoms with van der Waals surface area (Å²) in [4.78, 5) is 0. The first kappa shape index (κ1) is 22.4. The molecule has 38 heavy (non-hydrogen) atoms. The largest absolute Gasteiger partial charge is 0.495 e. The van der Waals surface area contributed by atoms with Crippen molar-refractivity contribution in [2.24, 2.45) is 0 Å². The van der Waals surface area contributed by atoms with Gasteiger partial charge in [-0.15, -0.1) is 0 Å². The zero-order valence-corrected chi connectivity index (χ0v) is 22.7. The molecule has 4 nitrogen and oxygen atoms in total. The number of hydrogen-bond acceptors (Lipinski definition) is 3. The number of aromatic nitrogens is 1. The SMILES string of the molecule is CC1(C)c2ccccc2-c2cc3c4c(B5OC(C)(C)C(C)(C)O5)ccc5c4n(c3cc21)-c1ccccc1O5. The third-order valence-electron chi connectivity index (χ3n) is 9.44. The van der Waals surface area contributed by atoms with E-state index in [0.717, 1.165) is 33.6 Å². The van der Waals surface area contributed by atoms with Gasteiger partial charge in [0.15, 0.2) is 11.5 Å². The Morgan fingerprint density at radius 2 is 1.39 bits per heavy atom. The van der Waals surface area contributed by atoms with Crippen LogP contribution in [0.4, 0.5) is 0 Å². The molecule has 2 aliphatic heterocycles. The van der Waals surface area contributed by atoms with Crippen molar-refractivity contribution in [1.29, 1.82) is 0 Å². The Morgan fingerprint density at radius 3 is 2.18 bits per heavy atom. The van der Waals surface area contributed by atoms with Crippen LogP contribution in [-0.2, 0) is 14.7 Å². The summed E-state index contributed by atoms with van der Waals surface area (Å²) in [5.41, 5.74) is 8.76. The molecule has 3 aliphatic rings. The molecule has 1 aromatic heterocycles. The Morgan fingerprint density at radius 1 is 0.684 bits per heavy atom. The van der Waals surface area contributed by atoms with E-state index < -0.39 is 18.3 Å². The maximum absolute atomic E-state index is 6.59. The highest BCUT2D eigenvalue weighted by Crippen LogP contribution is 2.53. The molecule has 1 aliphatic carbocycles. The Labute approximate surface area is 223 Å². The summed E-state index contributed by atoms with van der Waals surface area (Å²) in [7, 11) is -0.470. The lowest BCUT2D eigenvalue weighted by Gasteiger charge is -2.32. The highest BCUT2D eigenvalue weighted by Gasteiger charge is 2.52. The van der Waals surface area contributed by atoms with Gasteiger partial charge in [-0.25, -0.2) is 0 Å². The van der Waals surface area contributed by atoms with Crippen LogP contribution in [0, 0.1) is 0 Å². The minimum absolute atomic E-state index is 0.0844. The highest BCUT2D eigenvalue weighted by atomic mass is 16.7. The lowest BCUT2D eigenvalue weighted by molar-refractivity contribution is 0.00578. The molecular formula is C33H30BNO3. The molecule has 0 spiro atoms. The fraction of sp³-hybridized carbons (Fsp3) is 0.273. The van der Waals surface area contributed by atoms with E-state index in [1.807, 2.05) is 12.1 Å². The first-order chi connectivity index (χ1) is 18.1. The number of fused-ring (bicyclic) bond motifs is 8. The van der Waals surface area contributed by atoms with Gasteiger partial charge in [0.25, 0.3) is 0 Å². The minimum Gasteiger partial charge on any atom is -0.453 e. The van der Waals surface area contributed by atoms with Gasteiger partial charge < -0.3 is 18.6 Å². The average Bonchev–Trinajstić information content (AvgIpc) is 3.42. The second-order valence-electron chi connectivity index (χ2n) is 12.5. The van der Waals surface area contributed by atoms with Crippen LogP contribution in [0.25, 0.3) is 38.6 Å². The second-order valence-corrected chi connectivity index (χ2v) is 12.5. The molecule has 0 amide bonds. The predicted octanol–water partition coefficient (Wildman–Crippen LogP) is 7.49. The van der Waals surface area contributed by atoms with Crippen LogP contribution in [0.5, 0.6) is 11.5 Å². The fourth-order valence-corrected chi connectivity index (χ4v) is 6.68. The minimum atomic E-state index is -0.470. The lowest BCUT2D eigenvalue weighted by atomic mass is 9.76. The van der Waals surface area contributed by atoms with Crippen LogP contribution in [0.3, 0.4) is 0 Å². The van der Waals surface area contributed by atoms with Gasteiger partial charge >= 0.3 is 7.12 Å². The molecule has 8 rings (SSSR count). The van der Waals surface area contributed by atoms with E-state index in [-0.39, 0.29) is 5.41 Å². The molecule has 0 bridgehead atoms. The monoisotopic (exact) mass is 499 g/mol. The van der Waals surface area contributed by atoms with Crippen molar-refractivity contribution in [1.82, 2.24) is 4.57 Å². The van der Waals surface area contributed by atoms with E-state index >= 15 is 0 Å². The molecule has 3 heterocycles. The topological polar surface area (TPSA) is 32.6 Å². The third-order valence-corrected chi connectivity index (χ3v) is 9.44. The molecule has 4 aromatic carbocycles. The average molecular weight is 499 g/mol. The van der Waals surface area contributed by atoms with Gasteiger partial charge in [0, 0.05) is 16.2 Å². The summed E-state index contributed by atoms with van der Waals surface area (Å²) in [5.74, 6) is 1.72. The standard InChI is InChI=1S/C33H30BNO3/c1-31(2)22-12-8-7-11-19(22)20-17-21-26(18-23(20)31)35-25-13-9-10-14-27(25)36-28-16-15-24(29(21)30(28)35)34-37-32(3,4)33(5,6)38-34/h7-18H,1-6H3. The van der Waals surface area contributed by atoms with Crippen molar-refractivity contribution < 1.29 is 14.0 Å². The summed E-state index contributed by atoms with van der Waals surface area (Å²) in [6.07, 6.45) is 0. The summed E-state index contributed by atoms with van der Waals surface area (Å²) >= 11 is 0. The van der Waals surface area contributed by atoms with E-state index in [1.165, 1.54) is 33.2 Å². The first-order valence-corrected chi connectivity index (χ1v) is 13.5. The smallest absolute Gasteiger partial charge is 0.453 e. The van der Waals surface area contributed by atoms with Crippen molar-refractivity contribution >= 4 is 34.4 Å². The first-order valence-electron chi connectivity index (χ1n) is 13.5. The summed E-state index contributed by atoms with van der Waals surface area (Å²) in [5, 5.41) is 2.33. The summed E-state index contributed by atoms with van der Waals surface area (Å²) in [6, 6.07) is 26.1. The van der Waals surface area contributed by atoms with Crippen LogP contribution >= 0.6 is 0 Å². The highest BCUT2D eigenvalue weighted by molar-refractivity contribution is 6.66. The summed E-state index contributed by atoms with van der Waals surface area (Å²) in [6.45, 7) is 13.1. The number of benzene rings is 4. The van der Waals surface area contributed by atoms with E-state index in [4.69, 9.17) is 14.0 Å². The second kappa shape index (κ2) is 6.91. The van der Waals surface area contributed by atoms with Crippen LogP contribution in [-0.4, -0.2) is 22.9 Å². The number of rotatable bonds is 1. The van der Waals surface area contributed by atoms with Gasteiger partial charge in [0.05, 0.1) is 27.9 Å². The van der Waals surface area contributed by atoms with Crippen LogP contribution < -0.4 is 10.2 Å². The van der Waals surface area contributed by atoms with Gasteiger partial charge in [0.2, 0.25) is 0 Å². The van der Waals surface area contributed by atoms with E-state index in [1.54, 1.807) is 0 Å². The molecule has 188 valence electrons. The van der Waals surface area contributed by atoms with Gasteiger partial charge in [0.1, 0.15) is 0 Å². The molecule has 1 fully saturated rings. The molecule has 0 atom stereocenters. The van der Waals surface area contributed by atoms with Crippen LogP contribution in [0.2, 0.25) is 0 Å². The number of para-hydroxylation sites is 2. The third kappa shape index (κ3) is 2.63.